The molecule has 3 nitrogen and oxygen atoms in total. The molecule has 1 aliphatic heterocycles. The van der Waals surface area contributed by atoms with E-state index in [-0.39, 0.29) is 24.2 Å². The number of nitrogens with zero attached hydrogens (tertiary/aromatic N) is 1. The van der Waals surface area contributed by atoms with Crippen LogP contribution in [0.25, 0.3) is 0 Å². The minimum absolute atomic E-state index is 0.0657. The van der Waals surface area contributed by atoms with Gasteiger partial charge in [-0.3, -0.25) is 4.79 Å². The van der Waals surface area contributed by atoms with Gasteiger partial charge in [-0.1, -0.05) is 12.1 Å². The Morgan fingerprint density at radius 1 is 1.58 bits per heavy atom. The van der Waals surface area contributed by atoms with Gasteiger partial charge in [-0.2, -0.15) is 0 Å². The van der Waals surface area contributed by atoms with E-state index < -0.39 is 0 Å². The van der Waals surface area contributed by atoms with Gasteiger partial charge in [0.15, 0.2) is 0 Å². The molecule has 1 aromatic carbocycles. The number of carbonyl (C=O) groups excluding carboxylic acids is 1. The number of halogens is 1. The molecule has 0 aromatic heterocycles. The summed E-state index contributed by atoms with van der Waals surface area (Å²) in [7, 11) is 0. The number of amides is 1. The zero-order chi connectivity index (χ0) is 13.8. The SMILES string of the molecule is C[C@H](N)[C@H]1CCCN(C(=O)Cc2cccc(F)c2)C1. The lowest BCUT2D eigenvalue weighted by Gasteiger charge is -2.34. The van der Waals surface area contributed by atoms with Gasteiger partial charge in [-0.25, -0.2) is 4.39 Å². The molecule has 1 saturated heterocycles. The molecule has 1 aliphatic rings. The van der Waals surface area contributed by atoms with Gasteiger partial charge in [0, 0.05) is 19.1 Å². The van der Waals surface area contributed by atoms with E-state index in [9.17, 15) is 9.18 Å². The smallest absolute Gasteiger partial charge is 0.227 e. The molecule has 2 atom stereocenters. The van der Waals surface area contributed by atoms with Crippen LogP contribution in [0.5, 0.6) is 0 Å². The first kappa shape index (κ1) is 14.0. The fraction of sp³-hybridized carbons (Fsp3) is 0.533. The minimum Gasteiger partial charge on any atom is -0.342 e. The van der Waals surface area contributed by atoms with Crippen molar-refractivity contribution in [3.05, 3.63) is 35.6 Å². The third-order valence-electron chi connectivity index (χ3n) is 3.80. The number of piperidine rings is 1. The van der Waals surface area contributed by atoms with Gasteiger partial charge in [-0.15, -0.1) is 0 Å². The lowest BCUT2D eigenvalue weighted by molar-refractivity contribution is -0.132. The summed E-state index contributed by atoms with van der Waals surface area (Å²) >= 11 is 0. The Balaban J connectivity index is 1.96. The maximum absolute atomic E-state index is 13.1. The summed E-state index contributed by atoms with van der Waals surface area (Å²) < 4.78 is 13.1. The van der Waals surface area contributed by atoms with Gasteiger partial charge in [0.25, 0.3) is 0 Å². The molecule has 0 radical (unpaired) electrons. The van der Waals surface area contributed by atoms with Gasteiger partial charge >= 0.3 is 0 Å². The largest absolute Gasteiger partial charge is 0.342 e. The van der Waals surface area contributed by atoms with Gasteiger partial charge in [0.05, 0.1) is 6.42 Å². The standard InChI is InChI=1S/C15H21FN2O/c1-11(17)13-5-3-7-18(10-13)15(19)9-12-4-2-6-14(16)8-12/h2,4,6,8,11,13H,3,5,7,9-10,17H2,1H3/t11-,13-/m0/s1. The lowest BCUT2D eigenvalue weighted by atomic mass is 9.92. The maximum Gasteiger partial charge on any atom is 0.227 e. The van der Waals surface area contributed by atoms with Crippen LogP contribution in [0.15, 0.2) is 24.3 Å². The van der Waals surface area contributed by atoms with Crippen LogP contribution in [-0.2, 0) is 11.2 Å². The quantitative estimate of drug-likeness (QED) is 0.907. The molecular formula is C15H21FN2O. The van der Waals surface area contributed by atoms with Crippen molar-refractivity contribution in [3.8, 4) is 0 Å². The van der Waals surface area contributed by atoms with E-state index >= 15 is 0 Å². The maximum atomic E-state index is 13.1. The second-order valence-corrected chi connectivity index (χ2v) is 5.41. The zero-order valence-electron chi connectivity index (χ0n) is 11.3. The normalized spacial score (nSPS) is 21.2. The first-order valence-electron chi connectivity index (χ1n) is 6.84. The second kappa shape index (κ2) is 6.15. The van der Waals surface area contributed by atoms with E-state index in [0.29, 0.717) is 5.92 Å². The lowest BCUT2D eigenvalue weighted by Crippen LogP contribution is -2.45. The molecule has 1 heterocycles. The topological polar surface area (TPSA) is 46.3 Å². The Labute approximate surface area is 113 Å². The molecule has 0 bridgehead atoms. The van der Waals surface area contributed by atoms with E-state index in [2.05, 4.69) is 0 Å². The summed E-state index contributed by atoms with van der Waals surface area (Å²) in [5, 5.41) is 0. The van der Waals surface area contributed by atoms with Crippen molar-refractivity contribution in [3.63, 3.8) is 0 Å². The van der Waals surface area contributed by atoms with Crippen LogP contribution in [0.4, 0.5) is 4.39 Å². The molecule has 1 fully saturated rings. The summed E-state index contributed by atoms with van der Waals surface area (Å²) in [4.78, 5) is 14.1. The van der Waals surface area contributed by atoms with E-state index in [0.717, 1.165) is 31.5 Å². The van der Waals surface area contributed by atoms with Crippen LogP contribution in [0.3, 0.4) is 0 Å². The molecule has 2 rings (SSSR count). The number of hydrogen-bond donors (Lipinski definition) is 1. The highest BCUT2D eigenvalue weighted by Gasteiger charge is 2.25. The van der Waals surface area contributed by atoms with Gasteiger partial charge < -0.3 is 10.6 Å². The Morgan fingerprint density at radius 2 is 2.37 bits per heavy atom. The molecule has 104 valence electrons. The van der Waals surface area contributed by atoms with Crippen molar-refractivity contribution in [1.82, 2.24) is 4.90 Å². The van der Waals surface area contributed by atoms with Crippen molar-refractivity contribution >= 4 is 5.91 Å². The molecule has 0 unspecified atom stereocenters. The Hall–Kier alpha value is -1.42. The number of carbonyl (C=O) groups is 1. The first-order chi connectivity index (χ1) is 9.06. The van der Waals surface area contributed by atoms with Crippen molar-refractivity contribution in [2.45, 2.75) is 32.2 Å². The van der Waals surface area contributed by atoms with Crippen LogP contribution >= 0.6 is 0 Å². The van der Waals surface area contributed by atoms with Gasteiger partial charge in [0.2, 0.25) is 5.91 Å². The monoisotopic (exact) mass is 264 g/mol. The van der Waals surface area contributed by atoms with Crippen LogP contribution < -0.4 is 5.73 Å². The molecule has 19 heavy (non-hydrogen) atoms. The first-order valence-corrected chi connectivity index (χ1v) is 6.84. The van der Waals surface area contributed by atoms with Crippen LogP contribution in [0.1, 0.15) is 25.3 Å². The van der Waals surface area contributed by atoms with E-state index in [1.165, 1.54) is 12.1 Å². The molecule has 4 heteroatoms. The van der Waals surface area contributed by atoms with Crippen molar-refractivity contribution in [2.75, 3.05) is 13.1 Å². The summed E-state index contributed by atoms with van der Waals surface area (Å²) in [5.41, 5.74) is 6.64. The van der Waals surface area contributed by atoms with Gasteiger partial charge in [-0.05, 0) is 43.4 Å². The van der Waals surface area contributed by atoms with Crippen molar-refractivity contribution < 1.29 is 9.18 Å². The number of hydrogen-bond acceptors (Lipinski definition) is 2. The molecule has 0 aliphatic carbocycles. The Kier molecular flexibility index (Phi) is 4.53. The number of nitrogens with two attached hydrogens (primary N) is 1. The third-order valence-corrected chi connectivity index (χ3v) is 3.80. The molecule has 0 spiro atoms. The average Bonchev–Trinajstić information content (AvgIpc) is 2.39. The predicted octanol–water partition coefficient (Wildman–Crippen LogP) is 1.95. The van der Waals surface area contributed by atoms with Crippen LogP contribution in [-0.4, -0.2) is 29.9 Å². The fourth-order valence-electron chi connectivity index (χ4n) is 2.60. The van der Waals surface area contributed by atoms with Crippen molar-refractivity contribution in [1.29, 1.82) is 0 Å². The number of rotatable bonds is 3. The van der Waals surface area contributed by atoms with E-state index in [1.807, 2.05) is 11.8 Å². The Morgan fingerprint density at radius 3 is 3.05 bits per heavy atom. The summed E-state index contributed by atoms with van der Waals surface area (Å²) in [6, 6.07) is 6.35. The Bertz CT molecular complexity index is 448. The van der Waals surface area contributed by atoms with Crippen LogP contribution in [0.2, 0.25) is 0 Å². The highest BCUT2D eigenvalue weighted by molar-refractivity contribution is 5.78. The molecule has 1 aromatic rings. The molecule has 0 saturated carbocycles. The third kappa shape index (κ3) is 3.77. The minimum atomic E-state index is -0.294. The highest BCUT2D eigenvalue weighted by atomic mass is 19.1. The van der Waals surface area contributed by atoms with Gasteiger partial charge in [0.1, 0.15) is 5.82 Å². The predicted molar refractivity (Wildman–Crippen MR) is 73.1 cm³/mol. The average molecular weight is 264 g/mol. The van der Waals surface area contributed by atoms with Crippen LogP contribution in [0, 0.1) is 11.7 Å². The van der Waals surface area contributed by atoms with Crippen molar-refractivity contribution in [2.24, 2.45) is 11.7 Å². The number of benzene rings is 1. The van der Waals surface area contributed by atoms with E-state index in [1.54, 1.807) is 12.1 Å². The fourth-order valence-corrected chi connectivity index (χ4v) is 2.60. The summed E-state index contributed by atoms with van der Waals surface area (Å²) in [6.07, 6.45) is 2.35. The molecule has 1 amide bonds. The molecular weight excluding hydrogens is 243 g/mol. The molecule has 2 N–H and O–H groups in total. The number of likely N-dealkylation sites (tertiary alicyclic amines) is 1. The zero-order valence-corrected chi connectivity index (χ0v) is 11.3. The van der Waals surface area contributed by atoms with E-state index in [4.69, 9.17) is 5.73 Å². The second-order valence-electron chi connectivity index (χ2n) is 5.41. The summed E-state index contributed by atoms with van der Waals surface area (Å²) in [6.45, 7) is 3.51. The summed E-state index contributed by atoms with van der Waals surface area (Å²) in [5.74, 6) is 0.151. The highest BCUT2D eigenvalue weighted by Crippen LogP contribution is 2.19.